The number of carbonyl (C=O) groups is 2. The second-order valence-electron chi connectivity index (χ2n) is 6.07. The lowest BCUT2D eigenvalue weighted by molar-refractivity contribution is -0.384. The van der Waals surface area contributed by atoms with Crippen LogP contribution in [0.15, 0.2) is 18.2 Å². The Morgan fingerprint density at radius 1 is 1.23 bits per heavy atom. The highest BCUT2D eigenvalue weighted by Gasteiger charge is 2.37. The maximum atomic E-state index is 12.9. The number of esters is 1. The molecule has 0 aromatic heterocycles. The molecule has 1 aromatic carbocycles. The van der Waals surface area contributed by atoms with Gasteiger partial charge in [-0.25, -0.2) is 18.2 Å². The number of hydrogen-bond donors (Lipinski definition) is 0. The number of nitro groups is 1. The van der Waals surface area contributed by atoms with E-state index in [1.54, 1.807) is 14.1 Å². The largest absolute Gasteiger partial charge is 0.465 e. The maximum Gasteiger partial charge on any atom is 0.338 e. The number of nitro benzene ring substituents is 1. The van der Waals surface area contributed by atoms with E-state index in [2.05, 4.69) is 4.74 Å². The third-order valence-corrected chi connectivity index (χ3v) is 5.74. The van der Waals surface area contributed by atoms with Gasteiger partial charge in [-0.05, 0) is 12.5 Å². The standard InChI is InChI=1S/C15H19N3O7S/c1-16(2)17(12-4-5-26(23,24)9-12)14(19)10-6-11(15(20)25-3)8-13(7-10)18(21)22/h6-8,12H,4-5,9H2,1-3H3. The van der Waals surface area contributed by atoms with Crippen molar-refractivity contribution >= 4 is 27.4 Å². The second kappa shape index (κ2) is 7.38. The van der Waals surface area contributed by atoms with Crippen molar-refractivity contribution in [2.24, 2.45) is 0 Å². The molecule has 0 radical (unpaired) electrons. The molecule has 1 saturated heterocycles. The fourth-order valence-corrected chi connectivity index (χ4v) is 4.54. The maximum absolute atomic E-state index is 12.9. The summed E-state index contributed by atoms with van der Waals surface area (Å²) in [7, 11) is 1.03. The van der Waals surface area contributed by atoms with E-state index in [9.17, 15) is 28.1 Å². The van der Waals surface area contributed by atoms with E-state index >= 15 is 0 Å². The third-order valence-electron chi connectivity index (χ3n) is 3.99. The van der Waals surface area contributed by atoms with Crippen molar-refractivity contribution in [1.29, 1.82) is 0 Å². The van der Waals surface area contributed by atoms with Crippen molar-refractivity contribution in [1.82, 2.24) is 10.0 Å². The molecule has 11 heteroatoms. The minimum atomic E-state index is -3.24. The second-order valence-corrected chi connectivity index (χ2v) is 8.30. The zero-order valence-corrected chi connectivity index (χ0v) is 15.4. The van der Waals surface area contributed by atoms with Gasteiger partial charge in [-0.1, -0.05) is 0 Å². The summed E-state index contributed by atoms with van der Waals surface area (Å²) in [5.41, 5.74) is -0.672. The molecule has 1 fully saturated rings. The molecule has 0 bridgehead atoms. The molecule has 0 aliphatic carbocycles. The predicted molar refractivity (Wildman–Crippen MR) is 91.4 cm³/mol. The Morgan fingerprint density at radius 3 is 2.31 bits per heavy atom. The number of methoxy groups -OCH3 is 1. The summed E-state index contributed by atoms with van der Waals surface area (Å²) in [6, 6.07) is 2.68. The molecular formula is C15H19N3O7S. The van der Waals surface area contributed by atoms with Gasteiger partial charge in [0.25, 0.3) is 11.6 Å². The number of hydrazine groups is 1. The van der Waals surface area contributed by atoms with Gasteiger partial charge in [0.2, 0.25) is 0 Å². The molecule has 2 rings (SSSR count). The lowest BCUT2D eigenvalue weighted by Gasteiger charge is -2.33. The van der Waals surface area contributed by atoms with Crippen molar-refractivity contribution in [3.63, 3.8) is 0 Å². The lowest BCUT2D eigenvalue weighted by Crippen LogP contribution is -2.49. The molecule has 1 amide bonds. The number of carbonyl (C=O) groups excluding carboxylic acids is 2. The van der Waals surface area contributed by atoms with Crippen molar-refractivity contribution in [3.8, 4) is 0 Å². The van der Waals surface area contributed by atoms with Gasteiger partial charge < -0.3 is 4.74 Å². The molecule has 1 aliphatic rings. The Balaban J connectivity index is 2.46. The average Bonchev–Trinajstić information content (AvgIpc) is 2.92. The summed E-state index contributed by atoms with van der Waals surface area (Å²) >= 11 is 0. The molecule has 0 N–H and O–H groups in total. The summed E-state index contributed by atoms with van der Waals surface area (Å²) in [5.74, 6) is -1.67. The molecule has 0 saturated carbocycles. The Hall–Kier alpha value is -2.53. The van der Waals surface area contributed by atoms with Gasteiger partial charge in [-0.15, -0.1) is 0 Å². The van der Waals surface area contributed by atoms with Crippen LogP contribution in [0.2, 0.25) is 0 Å². The Morgan fingerprint density at radius 2 is 1.85 bits per heavy atom. The topological polar surface area (TPSA) is 127 Å². The molecular weight excluding hydrogens is 366 g/mol. The first-order valence-electron chi connectivity index (χ1n) is 7.64. The molecule has 1 aromatic rings. The molecule has 10 nitrogen and oxygen atoms in total. The number of amides is 1. The van der Waals surface area contributed by atoms with Crippen LogP contribution in [0.3, 0.4) is 0 Å². The summed E-state index contributed by atoms with van der Waals surface area (Å²) in [4.78, 5) is 35.1. The number of nitrogens with zero attached hydrogens (tertiary/aromatic N) is 3. The minimum absolute atomic E-state index is 0.0301. The SMILES string of the molecule is COC(=O)c1cc(C(=O)N(C2CCS(=O)(=O)C2)N(C)C)cc([N+](=O)[O-])c1. The lowest BCUT2D eigenvalue weighted by atomic mass is 10.1. The zero-order valence-electron chi connectivity index (χ0n) is 14.5. The van der Waals surface area contributed by atoms with E-state index in [4.69, 9.17) is 0 Å². The van der Waals surface area contributed by atoms with Crippen LogP contribution in [0, 0.1) is 10.1 Å². The van der Waals surface area contributed by atoms with Gasteiger partial charge in [0.15, 0.2) is 9.84 Å². The van der Waals surface area contributed by atoms with Crippen LogP contribution in [-0.2, 0) is 14.6 Å². The van der Waals surface area contributed by atoms with Crippen LogP contribution < -0.4 is 0 Å². The van der Waals surface area contributed by atoms with Crippen LogP contribution in [-0.4, -0.2) is 74.0 Å². The summed E-state index contributed by atoms with van der Waals surface area (Å²) in [6.45, 7) is 0. The fourth-order valence-electron chi connectivity index (χ4n) is 2.85. The minimum Gasteiger partial charge on any atom is -0.465 e. The summed E-state index contributed by atoms with van der Waals surface area (Å²) in [5, 5.41) is 13.8. The van der Waals surface area contributed by atoms with Gasteiger partial charge >= 0.3 is 5.97 Å². The molecule has 26 heavy (non-hydrogen) atoms. The molecule has 1 unspecified atom stereocenters. The van der Waals surface area contributed by atoms with Gasteiger partial charge in [0.1, 0.15) is 0 Å². The molecule has 0 spiro atoms. The highest BCUT2D eigenvalue weighted by atomic mass is 32.2. The number of non-ortho nitro benzene ring substituents is 1. The number of benzene rings is 1. The van der Waals surface area contributed by atoms with E-state index in [1.165, 1.54) is 16.1 Å². The number of rotatable bonds is 5. The van der Waals surface area contributed by atoms with Crippen LogP contribution in [0.1, 0.15) is 27.1 Å². The number of hydrogen-bond acceptors (Lipinski definition) is 8. The van der Waals surface area contributed by atoms with Crippen LogP contribution in [0.5, 0.6) is 0 Å². The molecule has 142 valence electrons. The Kier molecular flexibility index (Phi) is 5.62. The summed E-state index contributed by atoms with van der Waals surface area (Å²) < 4.78 is 28.1. The molecule has 1 heterocycles. The first-order chi connectivity index (χ1) is 12.1. The first kappa shape index (κ1) is 19.8. The summed E-state index contributed by atoms with van der Waals surface area (Å²) in [6.07, 6.45) is 0.269. The van der Waals surface area contributed by atoms with E-state index in [-0.39, 0.29) is 29.1 Å². The van der Waals surface area contributed by atoms with Crippen LogP contribution in [0.25, 0.3) is 0 Å². The smallest absolute Gasteiger partial charge is 0.338 e. The van der Waals surface area contributed by atoms with Crippen molar-refractivity contribution < 1.29 is 27.7 Å². The van der Waals surface area contributed by atoms with Crippen molar-refractivity contribution in [3.05, 3.63) is 39.4 Å². The average molecular weight is 385 g/mol. The normalized spacial score (nSPS) is 18.5. The van der Waals surface area contributed by atoms with Crippen LogP contribution >= 0.6 is 0 Å². The highest BCUT2D eigenvalue weighted by molar-refractivity contribution is 7.91. The Labute approximate surface area is 150 Å². The number of ether oxygens (including phenoxy) is 1. The van der Waals surface area contributed by atoms with Gasteiger partial charge in [0, 0.05) is 31.8 Å². The molecule has 1 atom stereocenters. The third kappa shape index (κ3) is 4.17. The van der Waals surface area contributed by atoms with Gasteiger partial charge in [0.05, 0.1) is 35.1 Å². The number of sulfone groups is 1. The zero-order chi connectivity index (χ0) is 19.6. The van der Waals surface area contributed by atoms with Crippen molar-refractivity contribution in [2.75, 3.05) is 32.7 Å². The predicted octanol–water partition coefficient (Wildman–Crippen LogP) is 0.487. The van der Waals surface area contributed by atoms with Gasteiger partial charge in [-0.2, -0.15) is 0 Å². The van der Waals surface area contributed by atoms with E-state index in [0.29, 0.717) is 0 Å². The van der Waals surface area contributed by atoms with E-state index in [1.807, 2.05) is 0 Å². The van der Waals surface area contributed by atoms with E-state index in [0.717, 1.165) is 19.2 Å². The van der Waals surface area contributed by atoms with E-state index < -0.39 is 38.4 Å². The van der Waals surface area contributed by atoms with Crippen molar-refractivity contribution in [2.45, 2.75) is 12.5 Å². The monoisotopic (exact) mass is 385 g/mol. The Bertz CT molecular complexity index is 851. The first-order valence-corrected chi connectivity index (χ1v) is 9.47. The fraction of sp³-hybridized carbons (Fsp3) is 0.467. The van der Waals surface area contributed by atoms with Gasteiger partial charge in [-0.3, -0.25) is 19.9 Å². The highest BCUT2D eigenvalue weighted by Crippen LogP contribution is 2.24. The quantitative estimate of drug-likeness (QED) is 0.407. The van der Waals surface area contributed by atoms with Crippen LogP contribution in [0.4, 0.5) is 5.69 Å². The molecule has 1 aliphatic heterocycles.